The number of hydrogen-bond acceptors (Lipinski definition) is 2. The van der Waals surface area contributed by atoms with Crippen molar-refractivity contribution in [1.29, 1.82) is 0 Å². The van der Waals surface area contributed by atoms with Crippen molar-refractivity contribution in [2.45, 2.75) is 52.0 Å². The van der Waals surface area contributed by atoms with Gasteiger partial charge in [0.15, 0.2) is 0 Å². The predicted molar refractivity (Wildman–Crippen MR) is 88.1 cm³/mol. The summed E-state index contributed by atoms with van der Waals surface area (Å²) >= 11 is 3.62. The quantitative estimate of drug-likeness (QED) is 0.873. The zero-order valence-electron chi connectivity index (χ0n) is 12.8. The standard InChI is InChI=1S/C17H26BrNO/c1-17(2)8-6-12(7-9-17)16(19)11-13-10-14(20-3)4-5-15(13)18/h4-5,10,12,16H,6-9,11,19H2,1-3H3. The Hall–Kier alpha value is -0.540. The number of halogens is 1. The Morgan fingerprint density at radius 1 is 1.35 bits per heavy atom. The highest BCUT2D eigenvalue weighted by Gasteiger charge is 2.30. The first kappa shape index (κ1) is 15.8. The molecule has 0 bridgehead atoms. The lowest BCUT2D eigenvalue weighted by Gasteiger charge is -2.37. The summed E-state index contributed by atoms with van der Waals surface area (Å²) in [7, 11) is 1.70. The second-order valence-corrected chi connectivity index (χ2v) is 7.68. The Morgan fingerprint density at radius 2 is 2.00 bits per heavy atom. The maximum atomic E-state index is 6.47. The Kier molecular flexibility index (Phi) is 5.14. The average Bonchev–Trinajstić information content (AvgIpc) is 2.41. The topological polar surface area (TPSA) is 35.2 Å². The van der Waals surface area contributed by atoms with Crippen molar-refractivity contribution in [2.24, 2.45) is 17.1 Å². The fraction of sp³-hybridized carbons (Fsp3) is 0.647. The molecule has 1 atom stereocenters. The van der Waals surface area contributed by atoms with E-state index in [1.165, 1.54) is 31.2 Å². The first-order chi connectivity index (χ1) is 9.41. The molecule has 2 nitrogen and oxygen atoms in total. The van der Waals surface area contributed by atoms with Crippen LogP contribution in [0.15, 0.2) is 22.7 Å². The van der Waals surface area contributed by atoms with Crippen LogP contribution >= 0.6 is 15.9 Å². The Bertz CT molecular complexity index is 448. The van der Waals surface area contributed by atoms with Crippen LogP contribution in [0.4, 0.5) is 0 Å². The average molecular weight is 340 g/mol. The van der Waals surface area contributed by atoms with Gasteiger partial charge in [0.05, 0.1) is 7.11 Å². The molecule has 2 N–H and O–H groups in total. The summed E-state index contributed by atoms with van der Waals surface area (Å²) in [6.45, 7) is 4.74. The van der Waals surface area contributed by atoms with Gasteiger partial charge in [-0.05, 0) is 67.2 Å². The van der Waals surface area contributed by atoms with E-state index in [1.54, 1.807) is 7.11 Å². The number of benzene rings is 1. The van der Waals surface area contributed by atoms with Crippen LogP contribution in [0.3, 0.4) is 0 Å². The van der Waals surface area contributed by atoms with Crippen molar-refractivity contribution >= 4 is 15.9 Å². The minimum absolute atomic E-state index is 0.245. The molecule has 1 aliphatic rings. The van der Waals surface area contributed by atoms with Crippen LogP contribution in [0, 0.1) is 11.3 Å². The van der Waals surface area contributed by atoms with E-state index >= 15 is 0 Å². The van der Waals surface area contributed by atoms with Crippen molar-refractivity contribution in [2.75, 3.05) is 7.11 Å². The molecule has 0 heterocycles. The third kappa shape index (κ3) is 3.98. The number of hydrogen-bond donors (Lipinski definition) is 1. The van der Waals surface area contributed by atoms with Crippen molar-refractivity contribution in [3.63, 3.8) is 0 Å². The maximum Gasteiger partial charge on any atom is 0.119 e. The van der Waals surface area contributed by atoms with Gasteiger partial charge in [-0.15, -0.1) is 0 Å². The first-order valence-electron chi connectivity index (χ1n) is 7.49. The first-order valence-corrected chi connectivity index (χ1v) is 8.28. The van der Waals surface area contributed by atoms with Crippen LogP contribution in [0.1, 0.15) is 45.1 Å². The zero-order chi connectivity index (χ0) is 14.8. The molecular formula is C17H26BrNO. The molecule has 1 saturated carbocycles. The van der Waals surface area contributed by atoms with Crippen molar-refractivity contribution in [3.8, 4) is 5.75 Å². The van der Waals surface area contributed by atoms with E-state index in [1.807, 2.05) is 12.1 Å². The fourth-order valence-corrected chi connectivity index (χ4v) is 3.51. The molecule has 1 aromatic rings. The molecule has 1 aromatic carbocycles. The highest BCUT2D eigenvalue weighted by molar-refractivity contribution is 9.10. The van der Waals surface area contributed by atoms with E-state index in [9.17, 15) is 0 Å². The largest absolute Gasteiger partial charge is 0.497 e. The Labute approximate surface area is 131 Å². The summed E-state index contributed by atoms with van der Waals surface area (Å²) in [5, 5.41) is 0. The normalized spacial score (nSPS) is 20.6. The fourth-order valence-electron chi connectivity index (χ4n) is 3.10. The molecule has 3 heteroatoms. The van der Waals surface area contributed by atoms with Gasteiger partial charge in [0.25, 0.3) is 0 Å². The lowest BCUT2D eigenvalue weighted by atomic mass is 9.70. The molecule has 20 heavy (non-hydrogen) atoms. The molecule has 1 fully saturated rings. The number of rotatable bonds is 4. The van der Waals surface area contributed by atoms with Gasteiger partial charge < -0.3 is 10.5 Å². The molecule has 0 spiro atoms. The minimum atomic E-state index is 0.245. The second-order valence-electron chi connectivity index (χ2n) is 6.83. The lowest BCUT2D eigenvalue weighted by molar-refractivity contribution is 0.173. The monoisotopic (exact) mass is 339 g/mol. The summed E-state index contributed by atoms with van der Waals surface area (Å²) in [6.07, 6.45) is 6.03. The van der Waals surface area contributed by atoms with Gasteiger partial charge in [-0.1, -0.05) is 29.8 Å². The van der Waals surface area contributed by atoms with Crippen LogP contribution in [0.5, 0.6) is 5.75 Å². The molecule has 1 aliphatic carbocycles. The van der Waals surface area contributed by atoms with Gasteiger partial charge in [0.2, 0.25) is 0 Å². The molecule has 1 unspecified atom stereocenters. The summed E-state index contributed by atoms with van der Waals surface area (Å²) in [6, 6.07) is 6.36. The minimum Gasteiger partial charge on any atom is -0.497 e. The van der Waals surface area contributed by atoms with E-state index < -0.39 is 0 Å². The molecule has 0 amide bonds. The molecule has 0 aliphatic heterocycles. The zero-order valence-corrected chi connectivity index (χ0v) is 14.4. The third-order valence-electron chi connectivity index (χ3n) is 4.70. The molecule has 112 valence electrons. The smallest absolute Gasteiger partial charge is 0.119 e. The van der Waals surface area contributed by atoms with Crippen molar-refractivity contribution in [1.82, 2.24) is 0 Å². The molecular weight excluding hydrogens is 314 g/mol. The van der Waals surface area contributed by atoms with Gasteiger partial charge >= 0.3 is 0 Å². The molecule has 0 radical (unpaired) electrons. The van der Waals surface area contributed by atoms with Crippen LogP contribution < -0.4 is 10.5 Å². The van der Waals surface area contributed by atoms with Gasteiger partial charge in [0.1, 0.15) is 5.75 Å². The molecule has 0 saturated heterocycles. The summed E-state index contributed by atoms with van der Waals surface area (Å²) in [5.74, 6) is 1.56. The van der Waals surface area contributed by atoms with E-state index in [0.717, 1.165) is 16.6 Å². The van der Waals surface area contributed by atoms with Crippen molar-refractivity contribution in [3.05, 3.63) is 28.2 Å². The van der Waals surface area contributed by atoms with E-state index in [2.05, 4.69) is 35.8 Å². The highest BCUT2D eigenvalue weighted by Crippen LogP contribution is 2.39. The van der Waals surface area contributed by atoms with E-state index in [0.29, 0.717) is 11.3 Å². The van der Waals surface area contributed by atoms with Crippen LogP contribution in [-0.4, -0.2) is 13.2 Å². The van der Waals surface area contributed by atoms with Gasteiger partial charge in [-0.2, -0.15) is 0 Å². The summed E-state index contributed by atoms with van der Waals surface area (Å²) in [4.78, 5) is 0. The van der Waals surface area contributed by atoms with E-state index in [4.69, 9.17) is 10.5 Å². The van der Waals surface area contributed by atoms with Crippen molar-refractivity contribution < 1.29 is 4.74 Å². The van der Waals surface area contributed by atoms with Crippen LogP contribution in [-0.2, 0) is 6.42 Å². The summed E-state index contributed by atoms with van der Waals surface area (Å²) < 4.78 is 6.43. The van der Waals surface area contributed by atoms with Crippen LogP contribution in [0.25, 0.3) is 0 Å². The van der Waals surface area contributed by atoms with Gasteiger partial charge in [-0.3, -0.25) is 0 Å². The van der Waals surface area contributed by atoms with Gasteiger partial charge in [-0.25, -0.2) is 0 Å². The van der Waals surface area contributed by atoms with Gasteiger partial charge in [0, 0.05) is 10.5 Å². The summed E-state index contributed by atoms with van der Waals surface area (Å²) in [5.41, 5.74) is 8.23. The van der Waals surface area contributed by atoms with Crippen LogP contribution in [0.2, 0.25) is 0 Å². The Morgan fingerprint density at radius 3 is 2.60 bits per heavy atom. The Balaban J connectivity index is 1.99. The number of methoxy groups -OCH3 is 1. The SMILES string of the molecule is COc1ccc(Br)c(CC(N)C2CCC(C)(C)CC2)c1. The second kappa shape index (κ2) is 6.48. The lowest BCUT2D eigenvalue weighted by Crippen LogP contribution is -2.36. The predicted octanol–water partition coefficient (Wildman–Crippen LogP) is 4.54. The van der Waals surface area contributed by atoms with E-state index in [-0.39, 0.29) is 6.04 Å². The molecule has 0 aromatic heterocycles. The number of ether oxygens (including phenoxy) is 1. The molecule has 2 rings (SSSR count). The third-order valence-corrected chi connectivity index (χ3v) is 5.47. The maximum absolute atomic E-state index is 6.47. The highest BCUT2D eigenvalue weighted by atomic mass is 79.9. The number of nitrogens with two attached hydrogens (primary N) is 1.